The second-order valence-corrected chi connectivity index (χ2v) is 7.94. The summed E-state index contributed by atoms with van der Waals surface area (Å²) >= 11 is 0. The summed E-state index contributed by atoms with van der Waals surface area (Å²) in [6.45, 7) is 2.58. The molecule has 0 bridgehead atoms. The lowest BCUT2D eigenvalue weighted by atomic mass is 10.2. The highest BCUT2D eigenvalue weighted by Crippen LogP contribution is 2.24. The first-order valence-electron chi connectivity index (χ1n) is 7.40. The summed E-state index contributed by atoms with van der Waals surface area (Å²) in [5.74, 6) is 1.23. The third-order valence-corrected chi connectivity index (χ3v) is 5.43. The first-order chi connectivity index (χ1) is 11.3. The number of nitro groups is 1. The number of anilines is 1. The van der Waals surface area contributed by atoms with E-state index in [1.54, 1.807) is 18.2 Å². The first-order valence-corrected chi connectivity index (χ1v) is 9.22. The average molecular weight is 348 g/mol. The molecule has 1 fully saturated rings. The minimum Gasteiger partial charge on any atom is -0.354 e. The van der Waals surface area contributed by atoms with Gasteiger partial charge in [0.1, 0.15) is 5.82 Å². The third kappa shape index (κ3) is 3.51. The van der Waals surface area contributed by atoms with Crippen LogP contribution in [0.5, 0.6) is 0 Å². The summed E-state index contributed by atoms with van der Waals surface area (Å²) in [4.78, 5) is 21.2. The van der Waals surface area contributed by atoms with Crippen molar-refractivity contribution in [2.45, 2.75) is 6.92 Å². The quantitative estimate of drug-likeness (QED) is 0.612. The van der Waals surface area contributed by atoms with Crippen molar-refractivity contribution in [2.24, 2.45) is 0 Å². The Morgan fingerprint density at radius 2 is 1.88 bits per heavy atom. The maximum Gasteiger partial charge on any atom is 0.270 e. The van der Waals surface area contributed by atoms with Gasteiger partial charge in [-0.1, -0.05) is 12.1 Å². The van der Waals surface area contributed by atoms with Crippen molar-refractivity contribution >= 4 is 21.3 Å². The van der Waals surface area contributed by atoms with Crippen LogP contribution in [0.15, 0.2) is 30.3 Å². The van der Waals surface area contributed by atoms with Crippen molar-refractivity contribution in [1.29, 1.82) is 0 Å². The molecule has 0 N–H and O–H groups in total. The van der Waals surface area contributed by atoms with E-state index in [1.807, 2.05) is 11.8 Å². The van der Waals surface area contributed by atoms with Crippen LogP contribution < -0.4 is 4.90 Å². The lowest BCUT2D eigenvalue weighted by Crippen LogP contribution is -2.40. The second-order valence-electron chi connectivity index (χ2n) is 5.64. The maximum atomic E-state index is 11.6. The number of nitrogens with zero attached hydrogens (tertiary/aromatic N) is 4. The third-order valence-electron chi connectivity index (χ3n) is 3.82. The van der Waals surface area contributed by atoms with Gasteiger partial charge in [-0.15, -0.1) is 0 Å². The largest absolute Gasteiger partial charge is 0.354 e. The Morgan fingerprint density at radius 3 is 2.54 bits per heavy atom. The van der Waals surface area contributed by atoms with E-state index in [4.69, 9.17) is 0 Å². The molecule has 1 aromatic carbocycles. The minimum absolute atomic E-state index is 0.0248. The van der Waals surface area contributed by atoms with Crippen LogP contribution in [-0.4, -0.2) is 47.9 Å². The molecule has 2 aromatic rings. The van der Waals surface area contributed by atoms with Gasteiger partial charge >= 0.3 is 0 Å². The van der Waals surface area contributed by atoms with E-state index >= 15 is 0 Å². The molecule has 1 aromatic heterocycles. The molecule has 0 amide bonds. The van der Waals surface area contributed by atoms with Gasteiger partial charge in [-0.05, 0) is 6.92 Å². The molecule has 0 unspecified atom stereocenters. The van der Waals surface area contributed by atoms with Crippen LogP contribution in [0.3, 0.4) is 0 Å². The van der Waals surface area contributed by atoms with E-state index in [2.05, 4.69) is 9.97 Å². The lowest BCUT2D eigenvalue weighted by Gasteiger charge is -2.28. The van der Waals surface area contributed by atoms with Crippen LogP contribution in [0.4, 0.5) is 11.5 Å². The molecule has 24 heavy (non-hydrogen) atoms. The molecule has 3 rings (SSSR count). The van der Waals surface area contributed by atoms with Gasteiger partial charge in [0.15, 0.2) is 15.7 Å². The zero-order valence-corrected chi connectivity index (χ0v) is 13.9. The number of benzene rings is 1. The molecule has 126 valence electrons. The topological polar surface area (TPSA) is 106 Å². The average Bonchev–Trinajstić information content (AvgIpc) is 2.54. The second kappa shape index (κ2) is 6.16. The van der Waals surface area contributed by atoms with Gasteiger partial charge in [-0.25, -0.2) is 18.4 Å². The van der Waals surface area contributed by atoms with Gasteiger partial charge in [0, 0.05) is 42.5 Å². The van der Waals surface area contributed by atoms with E-state index in [0.29, 0.717) is 30.3 Å². The van der Waals surface area contributed by atoms with Crippen molar-refractivity contribution < 1.29 is 13.3 Å². The van der Waals surface area contributed by atoms with Crippen LogP contribution in [0, 0.1) is 17.0 Å². The highest BCUT2D eigenvalue weighted by Gasteiger charge is 2.23. The molecule has 0 saturated carbocycles. The van der Waals surface area contributed by atoms with E-state index in [1.165, 1.54) is 12.1 Å². The Kier molecular flexibility index (Phi) is 4.18. The van der Waals surface area contributed by atoms with E-state index < -0.39 is 14.8 Å². The van der Waals surface area contributed by atoms with Gasteiger partial charge in [-0.3, -0.25) is 10.1 Å². The molecule has 0 radical (unpaired) electrons. The smallest absolute Gasteiger partial charge is 0.270 e. The summed E-state index contributed by atoms with van der Waals surface area (Å²) in [5, 5.41) is 10.9. The van der Waals surface area contributed by atoms with Gasteiger partial charge in [-0.2, -0.15) is 0 Å². The molecular weight excluding hydrogens is 332 g/mol. The number of aryl methyl sites for hydroxylation is 1. The van der Waals surface area contributed by atoms with Crippen molar-refractivity contribution in [1.82, 2.24) is 9.97 Å². The summed E-state index contributed by atoms with van der Waals surface area (Å²) in [5.41, 5.74) is 1.25. The van der Waals surface area contributed by atoms with Crippen LogP contribution in [-0.2, 0) is 9.84 Å². The van der Waals surface area contributed by atoms with Gasteiger partial charge in [0.2, 0.25) is 0 Å². The Bertz CT molecular complexity index is 884. The zero-order valence-electron chi connectivity index (χ0n) is 13.0. The summed E-state index contributed by atoms with van der Waals surface area (Å²) in [6, 6.07) is 7.94. The summed E-state index contributed by atoms with van der Waals surface area (Å²) < 4.78 is 23.1. The number of non-ortho nitro benzene ring substituents is 1. The Morgan fingerprint density at radius 1 is 1.17 bits per heavy atom. The molecule has 0 aliphatic carbocycles. The molecule has 0 atom stereocenters. The van der Waals surface area contributed by atoms with Gasteiger partial charge < -0.3 is 4.90 Å². The number of aromatic nitrogens is 2. The number of hydrogen-bond acceptors (Lipinski definition) is 7. The molecule has 8 nitrogen and oxygen atoms in total. The fourth-order valence-electron chi connectivity index (χ4n) is 2.54. The van der Waals surface area contributed by atoms with E-state index in [-0.39, 0.29) is 17.2 Å². The van der Waals surface area contributed by atoms with Crippen LogP contribution in [0.2, 0.25) is 0 Å². The zero-order chi connectivity index (χ0) is 17.3. The molecule has 9 heteroatoms. The van der Waals surface area contributed by atoms with Gasteiger partial charge in [0.25, 0.3) is 5.69 Å². The lowest BCUT2D eigenvalue weighted by molar-refractivity contribution is -0.384. The van der Waals surface area contributed by atoms with Crippen molar-refractivity contribution in [2.75, 3.05) is 29.5 Å². The predicted octanol–water partition coefficient (Wildman–Crippen LogP) is 1.60. The van der Waals surface area contributed by atoms with Crippen LogP contribution >= 0.6 is 0 Å². The number of rotatable bonds is 3. The number of sulfone groups is 1. The summed E-state index contributed by atoms with van der Waals surface area (Å²) in [6.07, 6.45) is 0. The first kappa shape index (κ1) is 16.3. The maximum absolute atomic E-state index is 11.6. The molecule has 2 heterocycles. The highest BCUT2D eigenvalue weighted by atomic mass is 32.2. The normalized spacial score (nSPS) is 16.8. The fourth-order valence-corrected chi connectivity index (χ4v) is 3.74. The minimum atomic E-state index is -2.97. The van der Waals surface area contributed by atoms with Crippen molar-refractivity contribution in [3.05, 3.63) is 46.1 Å². The Hall–Kier alpha value is -2.55. The molecule has 1 saturated heterocycles. The Labute approximate surface area is 139 Å². The predicted molar refractivity (Wildman–Crippen MR) is 89.7 cm³/mol. The SMILES string of the molecule is Cc1cc(N2CCS(=O)(=O)CC2)nc(-c2cccc([N+](=O)[O-])c2)n1. The molecule has 1 aliphatic heterocycles. The molecule has 0 spiro atoms. The standard InChI is InChI=1S/C15H16N4O4S/c1-11-9-14(18-5-7-24(22,23)8-6-18)17-15(16-11)12-3-2-4-13(10-12)19(20)21/h2-4,9-10H,5-8H2,1H3. The van der Waals surface area contributed by atoms with E-state index in [9.17, 15) is 18.5 Å². The van der Waals surface area contributed by atoms with Gasteiger partial charge in [0.05, 0.1) is 16.4 Å². The van der Waals surface area contributed by atoms with E-state index in [0.717, 1.165) is 5.69 Å². The molecule has 1 aliphatic rings. The highest BCUT2D eigenvalue weighted by molar-refractivity contribution is 7.91. The van der Waals surface area contributed by atoms with Crippen molar-refractivity contribution in [3.63, 3.8) is 0 Å². The Balaban J connectivity index is 1.95. The fraction of sp³-hybridized carbons (Fsp3) is 0.333. The van der Waals surface area contributed by atoms with Crippen LogP contribution in [0.1, 0.15) is 5.69 Å². The number of nitro benzene ring substituents is 1. The van der Waals surface area contributed by atoms with Crippen molar-refractivity contribution in [3.8, 4) is 11.4 Å². The monoisotopic (exact) mass is 348 g/mol. The molecular formula is C15H16N4O4S. The summed E-state index contributed by atoms with van der Waals surface area (Å²) in [7, 11) is -2.97. The number of hydrogen-bond donors (Lipinski definition) is 0. The van der Waals surface area contributed by atoms with Crippen LogP contribution in [0.25, 0.3) is 11.4 Å².